The number of aryl methyl sites for hydroxylation is 2. The van der Waals surface area contributed by atoms with E-state index in [0.717, 1.165) is 54.5 Å². The molecule has 21 heavy (non-hydrogen) atoms. The van der Waals surface area contributed by atoms with Crippen molar-refractivity contribution in [1.29, 1.82) is 0 Å². The molecule has 3 nitrogen and oxygen atoms in total. The monoisotopic (exact) mass is 284 g/mol. The molecular formula is C18H24N2O. The molecule has 0 radical (unpaired) electrons. The summed E-state index contributed by atoms with van der Waals surface area (Å²) in [6.45, 7) is 4.38. The molecule has 0 saturated heterocycles. The van der Waals surface area contributed by atoms with Gasteiger partial charge in [0.15, 0.2) is 0 Å². The van der Waals surface area contributed by atoms with E-state index in [1.54, 1.807) is 0 Å². The molecule has 1 N–H and O–H groups in total. The van der Waals surface area contributed by atoms with E-state index in [1.807, 2.05) is 13.0 Å². The van der Waals surface area contributed by atoms with Crippen LogP contribution in [-0.2, 0) is 12.8 Å². The number of aliphatic hydroxyl groups is 1. The average molecular weight is 284 g/mol. The SMILES string of the molecule is C/C=C\Cc1nc2ccc(C)cc2nc1CCCCCO. The van der Waals surface area contributed by atoms with Gasteiger partial charge < -0.3 is 5.11 Å². The Balaban J connectivity index is 2.28. The van der Waals surface area contributed by atoms with Crippen LogP contribution in [-0.4, -0.2) is 21.7 Å². The Labute approximate surface area is 126 Å². The highest BCUT2D eigenvalue weighted by molar-refractivity contribution is 5.75. The van der Waals surface area contributed by atoms with Gasteiger partial charge in [0.05, 0.1) is 22.4 Å². The maximum absolute atomic E-state index is 8.87. The zero-order valence-corrected chi connectivity index (χ0v) is 13.0. The molecule has 1 aromatic carbocycles. The van der Waals surface area contributed by atoms with Gasteiger partial charge in [-0.05, 0) is 50.8 Å². The van der Waals surface area contributed by atoms with E-state index in [4.69, 9.17) is 15.1 Å². The Kier molecular flexibility index (Phi) is 5.88. The van der Waals surface area contributed by atoms with E-state index in [-0.39, 0.29) is 6.61 Å². The summed E-state index contributed by atoms with van der Waals surface area (Å²) in [5.41, 5.74) is 5.34. The van der Waals surface area contributed by atoms with E-state index in [2.05, 4.69) is 31.2 Å². The lowest BCUT2D eigenvalue weighted by Gasteiger charge is -2.09. The molecule has 0 amide bonds. The van der Waals surface area contributed by atoms with Crippen LogP contribution in [0.15, 0.2) is 30.4 Å². The van der Waals surface area contributed by atoms with Crippen LogP contribution in [0, 0.1) is 6.92 Å². The van der Waals surface area contributed by atoms with Gasteiger partial charge in [0.2, 0.25) is 0 Å². The maximum atomic E-state index is 8.87. The zero-order valence-electron chi connectivity index (χ0n) is 13.0. The van der Waals surface area contributed by atoms with Gasteiger partial charge in [-0.3, -0.25) is 0 Å². The van der Waals surface area contributed by atoms with E-state index in [9.17, 15) is 0 Å². The predicted octanol–water partition coefficient (Wildman–Crippen LogP) is 3.76. The van der Waals surface area contributed by atoms with Crippen LogP contribution in [0.2, 0.25) is 0 Å². The topological polar surface area (TPSA) is 46.0 Å². The van der Waals surface area contributed by atoms with E-state index >= 15 is 0 Å². The fraction of sp³-hybridized carbons (Fsp3) is 0.444. The minimum atomic E-state index is 0.272. The Hall–Kier alpha value is -1.74. The van der Waals surface area contributed by atoms with Crippen molar-refractivity contribution in [2.75, 3.05) is 6.61 Å². The molecule has 0 atom stereocenters. The molecule has 1 aromatic heterocycles. The van der Waals surface area contributed by atoms with Crippen molar-refractivity contribution >= 4 is 11.0 Å². The lowest BCUT2D eigenvalue weighted by molar-refractivity contribution is 0.283. The summed E-state index contributed by atoms with van der Waals surface area (Å²) in [5.74, 6) is 0. The normalized spacial score (nSPS) is 11.6. The number of aromatic nitrogens is 2. The fourth-order valence-electron chi connectivity index (χ4n) is 2.41. The van der Waals surface area contributed by atoms with Gasteiger partial charge in [-0.2, -0.15) is 0 Å². The quantitative estimate of drug-likeness (QED) is 0.622. The van der Waals surface area contributed by atoms with Gasteiger partial charge in [-0.15, -0.1) is 0 Å². The first kappa shape index (κ1) is 15.6. The molecule has 0 saturated carbocycles. The third-order valence-corrected chi connectivity index (χ3v) is 3.59. The van der Waals surface area contributed by atoms with Crippen molar-refractivity contribution in [1.82, 2.24) is 9.97 Å². The summed E-state index contributed by atoms with van der Waals surface area (Å²) in [6.07, 6.45) is 8.90. The number of benzene rings is 1. The van der Waals surface area contributed by atoms with Crippen molar-refractivity contribution < 1.29 is 5.11 Å². The van der Waals surface area contributed by atoms with E-state index in [1.165, 1.54) is 5.56 Å². The second-order valence-corrected chi connectivity index (χ2v) is 5.42. The number of aliphatic hydroxyl groups excluding tert-OH is 1. The Bertz CT molecular complexity index is 620. The average Bonchev–Trinajstić information content (AvgIpc) is 2.49. The van der Waals surface area contributed by atoms with Crippen LogP contribution >= 0.6 is 0 Å². The molecule has 0 spiro atoms. The number of nitrogens with zero attached hydrogens (tertiary/aromatic N) is 2. The van der Waals surface area contributed by atoms with E-state index < -0.39 is 0 Å². The van der Waals surface area contributed by atoms with Crippen molar-refractivity contribution in [3.63, 3.8) is 0 Å². The summed E-state index contributed by atoms with van der Waals surface area (Å²) in [4.78, 5) is 9.62. The van der Waals surface area contributed by atoms with Crippen LogP contribution in [0.3, 0.4) is 0 Å². The molecule has 1 heterocycles. The molecule has 112 valence electrons. The molecule has 0 aliphatic rings. The molecule has 0 bridgehead atoms. The number of hydrogen-bond donors (Lipinski definition) is 1. The molecule has 2 rings (SSSR count). The van der Waals surface area contributed by atoms with Crippen LogP contribution in [0.5, 0.6) is 0 Å². The molecule has 3 heteroatoms. The summed E-state index contributed by atoms with van der Waals surface area (Å²) >= 11 is 0. The van der Waals surface area contributed by atoms with Gasteiger partial charge in [-0.1, -0.05) is 24.6 Å². The van der Waals surface area contributed by atoms with Gasteiger partial charge in [0, 0.05) is 13.0 Å². The van der Waals surface area contributed by atoms with Crippen molar-refractivity contribution in [2.24, 2.45) is 0 Å². The molecule has 0 aliphatic heterocycles. The first-order chi connectivity index (χ1) is 10.2. The van der Waals surface area contributed by atoms with Gasteiger partial charge >= 0.3 is 0 Å². The van der Waals surface area contributed by atoms with Gasteiger partial charge in [0.1, 0.15) is 0 Å². The molecule has 2 aromatic rings. The number of unbranched alkanes of at least 4 members (excludes halogenated alkanes) is 2. The van der Waals surface area contributed by atoms with Crippen LogP contribution in [0.25, 0.3) is 11.0 Å². The largest absolute Gasteiger partial charge is 0.396 e. The van der Waals surface area contributed by atoms with Crippen molar-refractivity contribution in [2.45, 2.75) is 46.0 Å². The summed E-state index contributed by atoms with van der Waals surface area (Å²) in [6, 6.07) is 6.22. The molecule has 0 fully saturated rings. The third kappa shape index (κ3) is 4.36. The van der Waals surface area contributed by atoms with Crippen molar-refractivity contribution in [3.05, 3.63) is 47.3 Å². The zero-order chi connectivity index (χ0) is 15.1. The van der Waals surface area contributed by atoms with Crippen molar-refractivity contribution in [3.8, 4) is 0 Å². The highest BCUT2D eigenvalue weighted by Crippen LogP contribution is 2.17. The minimum absolute atomic E-state index is 0.272. The third-order valence-electron chi connectivity index (χ3n) is 3.59. The van der Waals surface area contributed by atoms with Crippen LogP contribution in [0.4, 0.5) is 0 Å². The molecule has 0 aliphatic carbocycles. The first-order valence-electron chi connectivity index (χ1n) is 7.72. The van der Waals surface area contributed by atoms with Crippen LogP contribution < -0.4 is 0 Å². The van der Waals surface area contributed by atoms with Crippen LogP contribution in [0.1, 0.15) is 43.1 Å². The molecule has 0 unspecified atom stereocenters. The Morgan fingerprint density at radius 1 is 1.05 bits per heavy atom. The smallest absolute Gasteiger partial charge is 0.0893 e. The predicted molar refractivity (Wildman–Crippen MR) is 87.4 cm³/mol. The fourth-order valence-corrected chi connectivity index (χ4v) is 2.41. The highest BCUT2D eigenvalue weighted by atomic mass is 16.2. The lowest BCUT2D eigenvalue weighted by atomic mass is 10.1. The number of allylic oxidation sites excluding steroid dienone is 2. The number of rotatable bonds is 7. The number of fused-ring (bicyclic) bond motifs is 1. The van der Waals surface area contributed by atoms with Gasteiger partial charge in [-0.25, -0.2) is 9.97 Å². The lowest BCUT2D eigenvalue weighted by Crippen LogP contribution is -2.03. The second kappa shape index (κ2) is 7.89. The Morgan fingerprint density at radius 2 is 1.86 bits per heavy atom. The van der Waals surface area contributed by atoms with E-state index in [0.29, 0.717) is 0 Å². The summed E-state index contributed by atoms with van der Waals surface area (Å²) in [5, 5.41) is 8.87. The second-order valence-electron chi connectivity index (χ2n) is 5.42. The first-order valence-corrected chi connectivity index (χ1v) is 7.72. The summed E-state index contributed by atoms with van der Waals surface area (Å²) in [7, 11) is 0. The Morgan fingerprint density at radius 3 is 2.62 bits per heavy atom. The maximum Gasteiger partial charge on any atom is 0.0893 e. The number of hydrogen-bond acceptors (Lipinski definition) is 3. The minimum Gasteiger partial charge on any atom is -0.396 e. The van der Waals surface area contributed by atoms with Gasteiger partial charge in [0.25, 0.3) is 0 Å². The molecular weight excluding hydrogens is 260 g/mol. The summed E-state index contributed by atoms with van der Waals surface area (Å²) < 4.78 is 0. The standard InChI is InChI=1S/C18H24N2O/c1-3-4-8-15-16(9-6-5-7-12-21)20-18-13-14(2)10-11-17(18)19-15/h3-4,10-11,13,21H,5-9,12H2,1-2H3/b4-3-. The highest BCUT2D eigenvalue weighted by Gasteiger charge is 2.08.